The number of anilines is 1. The highest BCUT2D eigenvalue weighted by Gasteiger charge is 2.25. The molecule has 1 atom stereocenters. The Labute approximate surface area is 135 Å². The van der Waals surface area contributed by atoms with E-state index >= 15 is 0 Å². The molecule has 6 heteroatoms. The molecule has 1 saturated heterocycles. The van der Waals surface area contributed by atoms with Crippen molar-refractivity contribution in [1.82, 2.24) is 10.2 Å². The maximum Gasteiger partial charge on any atom is 0.266 e. The Hall–Kier alpha value is -2.34. The number of ether oxygens (including phenoxy) is 2. The predicted octanol–water partition coefficient (Wildman–Crippen LogP) is 2.31. The maximum atomic E-state index is 12.6. The summed E-state index contributed by atoms with van der Waals surface area (Å²) in [5.41, 5.74) is 1.15. The van der Waals surface area contributed by atoms with Gasteiger partial charge in [0.1, 0.15) is 5.75 Å². The van der Waals surface area contributed by atoms with E-state index in [9.17, 15) is 4.79 Å². The predicted molar refractivity (Wildman–Crippen MR) is 86.6 cm³/mol. The van der Waals surface area contributed by atoms with Crippen molar-refractivity contribution in [2.45, 2.75) is 25.9 Å². The SMILES string of the molecule is Cc1ccc(OCC(=O)N(CC2CCCO2)c2cc[nH]n2)cc1. The first kappa shape index (κ1) is 15.6. The number of nitrogens with zero attached hydrogens (tertiary/aromatic N) is 2. The molecule has 1 aromatic heterocycles. The molecule has 0 aliphatic carbocycles. The first-order valence-electron chi connectivity index (χ1n) is 7.83. The molecule has 1 aliphatic rings. The largest absolute Gasteiger partial charge is 0.484 e. The maximum absolute atomic E-state index is 12.6. The molecular weight excluding hydrogens is 294 g/mol. The van der Waals surface area contributed by atoms with E-state index in [1.807, 2.05) is 31.2 Å². The molecule has 1 amide bonds. The molecule has 1 fully saturated rings. The highest BCUT2D eigenvalue weighted by molar-refractivity contribution is 5.93. The molecule has 122 valence electrons. The van der Waals surface area contributed by atoms with E-state index in [4.69, 9.17) is 9.47 Å². The van der Waals surface area contributed by atoms with Gasteiger partial charge < -0.3 is 9.47 Å². The van der Waals surface area contributed by atoms with Gasteiger partial charge in [-0.2, -0.15) is 5.10 Å². The molecule has 1 aliphatic heterocycles. The van der Waals surface area contributed by atoms with Crippen molar-refractivity contribution in [3.63, 3.8) is 0 Å². The number of aromatic nitrogens is 2. The fourth-order valence-electron chi connectivity index (χ4n) is 2.58. The molecule has 0 spiro atoms. The number of aryl methyl sites for hydroxylation is 1. The van der Waals surface area contributed by atoms with Crippen LogP contribution in [-0.4, -0.2) is 42.0 Å². The van der Waals surface area contributed by atoms with Gasteiger partial charge >= 0.3 is 0 Å². The number of hydrogen-bond donors (Lipinski definition) is 1. The molecular formula is C17H21N3O3. The summed E-state index contributed by atoms with van der Waals surface area (Å²) in [6.45, 7) is 3.24. The number of amides is 1. The van der Waals surface area contributed by atoms with Crippen molar-refractivity contribution >= 4 is 11.7 Å². The van der Waals surface area contributed by atoms with E-state index in [0.29, 0.717) is 18.1 Å². The minimum atomic E-state index is -0.131. The van der Waals surface area contributed by atoms with Gasteiger partial charge in [0.05, 0.1) is 12.6 Å². The molecule has 2 heterocycles. The van der Waals surface area contributed by atoms with Crippen molar-refractivity contribution in [1.29, 1.82) is 0 Å². The van der Waals surface area contributed by atoms with E-state index in [-0.39, 0.29) is 18.6 Å². The fourth-order valence-corrected chi connectivity index (χ4v) is 2.58. The summed E-state index contributed by atoms with van der Waals surface area (Å²) in [7, 11) is 0. The van der Waals surface area contributed by atoms with E-state index in [1.54, 1.807) is 17.2 Å². The van der Waals surface area contributed by atoms with Gasteiger partial charge in [-0.25, -0.2) is 0 Å². The van der Waals surface area contributed by atoms with E-state index in [2.05, 4.69) is 10.2 Å². The van der Waals surface area contributed by atoms with E-state index in [0.717, 1.165) is 25.0 Å². The second-order valence-electron chi connectivity index (χ2n) is 5.67. The Morgan fingerprint density at radius 3 is 2.87 bits per heavy atom. The van der Waals surface area contributed by atoms with Crippen LogP contribution in [0.5, 0.6) is 5.75 Å². The standard InChI is InChI=1S/C17H21N3O3/c1-13-4-6-14(7-5-13)23-12-17(21)20(16-8-9-18-19-16)11-15-3-2-10-22-15/h4-9,15H,2-3,10-12H2,1H3,(H,18,19). The third-order valence-corrected chi connectivity index (χ3v) is 3.86. The fraction of sp³-hybridized carbons (Fsp3) is 0.412. The Morgan fingerprint density at radius 1 is 1.39 bits per heavy atom. The van der Waals surface area contributed by atoms with Gasteiger partial charge in [0, 0.05) is 18.9 Å². The Balaban J connectivity index is 1.63. The summed E-state index contributed by atoms with van der Waals surface area (Å²) in [6.07, 6.45) is 3.77. The lowest BCUT2D eigenvalue weighted by molar-refractivity contribution is -0.121. The zero-order valence-corrected chi connectivity index (χ0v) is 13.2. The molecule has 1 unspecified atom stereocenters. The molecule has 23 heavy (non-hydrogen) atoms. The summed E-state index contributed by atoms with van der Waals surface area (Å²) in [5.74, 6) is 1.15. The summed E-state index contributed by atoms with van der Waals surface area (Å²) < 4.78 is 11.2. The number of aromatic amines is 1. The van der Waals surface area contributed by atoms with Crippen molar-refractivity contribution in [2.24, 2.45) is 0 Å². The van der Waals surface area contributed by atoms with Gasteiger partial charge in [0.15, 0.2) is 12.4 Å². The number of H-pyrrole nitrogens is 1. The lowest BCUT2D eigenvalue weighted by Crippen LogP contribution is -2.40. The van der Waals surface area contributed by atoms with Crippen LogP contribution in [0.4, 0.5) is 5.82 Å². The van der Waals surface area contributed by atoms with Crippen molar-refractivity contribution in [3.05, 3.63) is 42.1 Å². The summed E-state index contributed by atoms with van der Waals surface area (Å²) >= 11 is 0. The minimum Gasteiger partial charge on any atom is -0.484 e. The monoisotopic (exact) mass is 315 g/mol. The third kappa shape index (κ3) is 4.10. The Bertz CT molecular complexity index is 619. The highest BCUT2D eigenvalue weighted by atomic mass is 16.5. The van der Waals surface area contributed by atoms with Crippen molar-refractivity contribution in [2.75, 3.05) is 24.7 Å². The van der Waals surface area contributed by atoms with Gasteiger partial charge in [0.25, 0.3) is 5.91 Å². The zero-order chi connectivity index (χ0) is 16.1. The van der Waals surface area contributed by atoms with Crippen LogP contribution in [0.3, 0.4) is 0 Å². The summed E-state index contributed by atoms with van der Waals surface area (Å²) in [5, 5.41) is 6.86. The number of rotatable bonds is 6. The second-order valence-corrected chi connectivity index (χ2v) is 5.67. The zero-order valence-electron chi connectivity index (χ0n) is 13.2. The first-order valence-corrected chi connectivity index (χ1v) is 7.83. The Morgan fingerprint density at radius 2 is 2.22 bits per heavy atom. The first-order chi connectivity index (χ1) is 11.2. The van der Waals surface area contributed by atoms with E-state index in [1.165, 1.54) is 0 Å². The molecule has 3 rings (SSSR count). The van der Waals surface area contributed by atoms with Crippen LogP contribution < -0.4 is 9.64 Å². The average Bonchev–Trinajstić information content (AvgIpc) is 3.25. The number of hydrogen-bond acceptors (Lipinski definition) is 4. The topological polar surface area (TPSA) is 67.4 Å². The normalized spacial score (nSPS) is 17.2. The van der Waals surface area contributed by atoms with Crippen LogP contribution >= 0.6 is 0 Å². The van der Waals surface area contributed by atoms with Crippen LogP contribution in [0.15, 0.2) is 36.5 Å². The summed E-state index contributed by atoms with van der Waals surface area (Å²) in [6, 6.07) is 9.41. The molecule has 6 nitrogen and oxygen atoms in total. The van der Waals surface area contributed by atoms with Gasteiger partial charge in [-0.15, -0.1) is 0 Å². The number of benzene rings is 1. The molecule has 0 radical (unpaired) electrons. The lowest BCUT2D eigenvalue weighted by Gasteiger charge is -2.23. The van der Waals surface area contributed by atoms with Gasteiger partial charge in [-0.1, -0.05) is 17.7 Å². The van der Waals surface area contributed by atoms with Crippen LogP contribution in [-0.2, 0) is 9.53 Å². The molecule has 0 bridgehead atoms. The summed E-state index contributed by atoms with van der Waals surface area (Å²) in [4.78, 5) is 14.2. The number of nitrogens with one attached hydrogen (secondary N) is 1. The van der Waals surface area contributed by atoms with Gasteiger partial charge in [-0.05, 0) is 31.9 Å². The Kier molecular flexibility index (Phi) is 4.92. The second kappa shape index (κ2) is 7.28. The van der Waals surface area contributed by atoms with Crippen molar-refractivity contribution < 1.29 is 14.3 Å². The molecule has 2 aromatic rings. The quantitative estimate of drug-likeness (QED) is 0.888. The van der Waals surface area contributed by atoms with E-state index < -0.39 is 0 Å². The van der Waals surface area contributed by atoms with Crippen LogP contribution in [0, 0.1) is 6.92 Å². The van der Waals surface area contributed by atoms with Crippen molar-refractivity contribution in [3.8, 4) is 5.75 Å². The smallest absolute Gasteiger partial charge is 0.266 e. The average molecular weight is 315 g/mol. The van der Waals surface area contributed by atoms with Crippen LogP contribution in [0.2, 0.25) is 0 Å². The van der Waals surface area contributed by atoms with Crippen LogP contribution in [0.25, 0.3) is 0 Å². The number of carbonyl (C=O) groups excluding carboxylic acids is 1. The van der Waals surface area contributed by atoms with Gasteiger partial charge in [-0.3, -0.25) is 14.8 Å². The molecule has 1 N–H and O–H groups in total. The molecule has 1 aromatic carbocycles. The third-order valence-electron chi connectivity index (χ3n) is 3.86. The highest BCUT2D eigenvalue weighted by Crippen LogP contribution is 2.18. The number of carbonyl (C=O) groups is 1. The van der Waals surface area contributed by atoms with Gasteiger partial charge in [0.2, 0.25) is 0 Å². The lowest BCUT2D eigenvalue weighted by atomic mass is 10.2. The van der Waals surface area contributed by atoms with Crippen LogP contribution in [0.1, 0.15) is 18.4 Å². The minimum absolute atomic E-state index is 0.0252. The molecule has 0 saturated carbocycles.